The standard InChI is InChI=1S/C21H32N2O5/c1-6-7-8-9-10-11-12-13-14-16(2)19(24)22-17(3)20(25)23-18(15-27-4)21(26)28-5/h12-15H,3,6-11H2,1-2,4-5H3,(H,22,24)(H,23,25). The molecule has 0 unspecified atom stereocenters. The number of methoxy groups -OCH3 is 2. The summed E-state index contributed by atoms with van der Waals surface area (Å²) in [7, 11) is 2.49. The predicted molar refractivity (Wildman–Crippen MR) is 109 cm³/mol. The first-order valence-electron chi connectivity index (χ1n) is 9.33. The summed E-state index contributed by atoms with van der Waals surface area (Å²) in [4.78, 5) is 35.7. The van der Waals surface area contributed by atoms with E-state index in [1.165, 1.54) is 39.9 Å². The molecule has 0 heterocycles. The molecule has 28 heavy (non-hydrogen) atoms. The fourth-order valence-corrected chi connectivity index (χ4v) is 2.10. The van der Waals surface area contributed by atoms with Gasteiger partial charge in [-0.15, -0.1) is 0 Å². The van der Waals surface area contributed by atoms with E-state index in [9.17, 15) is 14.4 Å². The second-order valence-electron chi connectivity index (χ2n) is 6.13. The van der Waals surface area contributed by atoms with Gasteiger partial charge in [-0.25, -0.2) is 4.79 Å². The van der Waals surface area contributed by atoms with Gasteiger partial charge in [0.1, 0.15) is 6.26 Å². The van der Waals surface area contributed by atoms with Gasteiger partial charge < -0.3 is 20.1 Å². The third kappa shape index (κ3) is 11.0. The van der Waals surface area contributed by atoms with Crippen LogP contribution in [0.1, 0.15) is 52.4 Å². The Labute approximate surface area is 167 Å². The van der Waals surface area contributed by atoms with Gasteiger partial charge in [-0.05, 0) is 19.8 Å². The van der Waals surface area contributed by atoms with Gasteiger partial charge in [0.05, 0.1) is 19.9 Å². The van der Waals surface area contributed by atoms with Crippen molar-refractivity contribution in [3.63, 3.8) is 0 Å². The van der Waals surface area contributed by atoms with Crippen LogP contribution in [0.5, 0.6) is 0 Å². The number of unbranched alkanes of at least 4 members (excludes halogenated alkanes) is 5. The lowest BCUT2D eigenvalue weighted by Gasteiger charge is -2.10. The molecule has 0 spiro atoms. The molecule has 0 aromatic carbocycles. The maximum absolute atomic E-state index is 12.1. The monoisotopic (exact) mass is 392 g/mol. The molecule has 0 aliphatic carbocycles. The highest BCUT2D eigenvalue weighted by atomic mass is 16.5. The van der Waals surface area contributed by atoms with Crippen LogP contribution in [0.3, 0.4) is 0 Å². The van der Waals surface area contributed by atoms with E-state index in [-0.39, 0.29) is 11.4 Å². The molecule has 0 rings (SSSR count). The van der Waals surface area contributed by atoms with Crippen LogP contribution >= 0.6 is 0 Å². The summed E-state index contributed by atoms with van der Waals surface area (Å²) >= 11 is 0. The van der Waals surface area contributed by atoms with Crippen molar-refractivity contribution in [3.05, 3.63) is 48.0 Å². The first-order chi connectivity index (χ1) is 13.4. The zero-order valence-corrected chi connectivity index (χ0v) is 17.3. The number of carbonyl (C=O) groups excluding carboxylic acids is 3. The number of hydrogen-bond donors (Lipinski definition) is 2. The van der Waals surface area contributed by atoms with Gasteiger partial charge in [0.25, 0.3) is 11.8 Å². The van der Waals surface area contributed by atoms with Crippen molar-refractivity contribution in [1.82, 2.24) is 10.6 Å². The average Bonchev–Trinajstić information content (AvgIpc) is 2.68. The topological polar surface area (TPSA) is 93.7 Å². The van der Waals surface area contributed by atoms with Crippen LogP contribution < -0.4 is 10.6 Å². The van der Waals surface area contributed by atoms with Crippen molar-refractivity contribution in [2.24, 2.45) is 0 Å². The maximum Gasteiger partial charge on any atom is 0.357 e. The highest BCUT2D eigenvalue weighted by Gasteiger charge is 2.17. The molecule has 2 N–H and O–H groups in total. The molecule has 7 nitrogen and oxygen atoms in total. The summed E-state index contributed by atoms with van der Waals surface area (Å²) in [6.07, 6.45) is 13.6. The second kappa shape index (κ2) is 15.2. The van der Waals surface area contributed by atoms with Gasteiger partial charge >= 0.3 is 5.97 Å². The van der Waals surface area contributed by atoms with Gasteiger partial charge in [-0.1, -0.05) is 57.4 Å². The largest absolute Gasteiger partial charge is 0.502 e. The molecular formula is C21H32N2O5. The van der Waals surface area contributed by atoms with Crippen LogP contribution in [0, 0.1) is 0 Å². The average molecular weight is 392 g/mol. The minimum atomic E-state index is -0.787. The molecule has 0 atom stereocenters. The van der Waals surface area contributed by atoms with Crippen molar-refractivity contribution in [1.29, 1.82) is 0 Å². The molecule has 0 aliphatic rings. The molecule has 0 bridgehead atoms. The molecule has 0 aromatic rings. The second-order valence-corrected chi connectivity index (χ2v) is 6.13. The molecular weight excluding hydrogens is 360 g/mol. The number of nitrogens with one attached hydrogen (secondary N) is 2. The van der Waals surface area contributed by atoms with Crippen molar-refractivity contribution in [2.75, 3.05) is 14.2 Å². The van der Waals surface area contributed by atoms with E-state index in [1.807, 2.05) is 12.2 Å². The lowest BCUT2D eigenvalue weighted by molar-refractivity contribution is -0.137. The van der Waals surface area contributed by atoms with Crippen molar-refractivity contribution in [2.45, 2.75) is 52.4 Å². The summed E-state index contributed by atoms with van der Waals surface area (Å²) in [6.45, 7) is 7.33. The molecule has 0 saturated carbocycles. The molecule has 0 aliphatic heterocycles. The fourth-order valence-electron chi connectivity index (χ4n) is 2.10. The number of rotatable bonds is 13. The van der Waals surface area contributed by atoms with E-state index < -0.39 is 17.8 Å². The molecule has 0 radical (unpaired) electrons. The number of ether oxygens (including phenoxy) is 2. The Morgan fingerprint density at radius 1 is 1.00 bits per heavy atom. The summed E-state index contributed by atoms with van der Waals surface area (Å²) in [5, 5.41) is 4.66. The Kier molecular flexibility index (Phi) is 13.7. The van der Waals surface area contributed by atoms with Crippen molar-refractivity contribution >= 4 is 17.8 Å². The Bertz CT molecular complexity index is 633. The first-order valence-corrected chi connectivity index (χ1v) is 9.33. The predicted octanol–water partition coefficient (Wildman–Crippen LogP) is 3.26. The quantitative estimate of drug-likeness (QED) is 0.165. The highest BCUT2D eigenvalue weighted by molar-refractivity contribution is 6.04. The fraction of sp³-hybridized carbons (Fsp3) is 0.476. The minimum absolute atomic E-state index is 0.205. The number of carbonyl (C=O) groups is 3. The van der Waals surface area contributed by atoms with Crippen LogP contribution in [0.25, 0.3) is 0 Å². The summed E-state index contributed by atoms with van der Waals surface area (Å²) in [5.41, 5.74) is 0.0138. The number of hydrogen-bond acceptors (Lipinski definition) is 5. The Morgan fingerprint density at radius 3 is 2.29 bits per heavy atom. The molecule has 0 fully saturated rings. The SMILES string of the molecule is C=C(NC(=O)C(C)=CC=CCCCCCCC)C(=O)NC(=COC)C(=O)OC. The van der Waals surface area contributed by atoms with E-state index in [0.717, 1.165) is 19.1 Å². The first kappa shape index (κ1) is 25.2. The van der Waals surface area contributed by atoms with Gasteiger partial charge in [-0.3, -0.25) is 9.59 Å². The third-order valence-electron chi connectivity index (χ3n) is 3.74. The summed E-state index contributed by atoms with van der Waals surface area (Å²) in [5.74, 6) is -1.99. The zero-order valence-electron chi connectivity index (χ0n) is 17.3. The summed E-state index contributed by atoms with van der Waals surface area (Å²) < 4.78 is 9.23. The normalized spacial score (nSPS) is 11.9. The smallest absolute Gasteiger partial charge is 0.357 e. The van der Waals surface area contributed by atoms with E-state index in [0.29, 0.717) is 5.57 Å². The van der Waals surface area contributed by atoms with Gasteiger partial charge in [0.15, 0.2) is 5.70 Å². The van der Waals surface area contributed by atoms with Crippen LogP contribution in [-0.2, 0) is 23.9 Å². The van der Waals surface area contributed by atoms with Crippen LogP contribution in [0.4, 0.5) is 0 Å². The molecule has 7 heteroatoms. The van der Waals surface area contributed by atoms with Gasteiger partial charge in [0, 0.05) is 5.57 Å². The van der Waals surface area contributed by atoms with E-state index in [1.54, 1.807) is 13.0 Å². The Balaban J connectivity index is 4.50. The van der Waals surface area contributed by atoms with Gasteiger partial charge in [0.2, 0.25) is 0 Å². The Morgan fingerprint density at radius 2 is 1.68 bits per heavy atom. The molecule has 0 aromatic heterocycles. The van der Waals surface area contributed by atoms with Crippen LogP contribution in [0.15, 0.2) is 48.0 Å². The number of amides is 2. The molecule has 2 amide bonds. The molecule has 156 valence electrons. The highest BCUT2D eigenvalue weighted by Crippen LogP contribution is 2.06. The molecule has 0 saturated heterocycles. The van der Waals surface area contributed by atoms with Gasteiger partial charge in [-0.2, -0.15) is 0 Å². The van der Waals surface area contributed by atoms with Crippen molar-refractivity contribution in [3.8, 4) is 0 Å². The van der Waals surface area contributed by atoms with Crippen LogP contribution in [-0.4, -0.2) is 32.0 Å². The Hall–Kier alpha value is -2.83. The third-order valence-corrected chi connectivity index (χ3v) is 3.74. The lowest BCUT2D eigenvalue weighted by Crippen LogP contribution is -2.36. The van der Waals surface area contributed by atoms with E-state index in [2.05, 4.69) is 28.9 Å². The number of esters is 1. The zero-order chi connectivity index (χ0) is 21.4. The summed E-state index contributed by atoms with van der Waals surface area (Å²) in [6, 6.07) is 0. The van der Waals surface area contributed by atoms with E-state index in [4.69, 9.17) is 4.74 Å². The number of allylic oxidation sites excluding steroid dienone is 3. The van der Waals surface area contributed by atoms with Crippen molar-refractivity contribution < 1.29 is 23.9 Å². The lowest BCUT2D eigenvalue weighted by atomic mass is 10.1. The van der Waals surface area contributed by atoms with Crippen LogP contribution in [0.2, 0.25) is 0 Å². The van der Waals surface area contributed by atoms with E-state index >= 15 is 0 Å². The maximum atomic E-state index is 12.1. The minimum Gasteiger partial charge on any atom is -0.502 e.